The van der Waals surface area contributed by atoms with Gasteiger partial charge in [0.1, 0.15) is 5.75 Å². The van der Waals surface area contributed by atoms with Crippen LogP contribution in [0, 0.1) is 0 Å². The first kappa shape index (κ1) is 15.5. The van der Waals surface area contributed by atoms with Crippen LogP contribution in [-0.2, 0) is 0 Å². The largest absolute Gasteiger partial charge is 0.471 e. The minimum absolute atomic E-state index is 0.224. The second-order valence-corrected chi connectivity index (χ2v) is 8.08. The summed E-state index contributed by atoms with van der Waals surface area (Å²) in [6.45, 7) is 0. The molecular weight excluding hydrogens is 376 g/mol. The number of benzene rings is 2. The maximum Gasteiger partial charge on any atom is 0.180 e. The van der Waals surface area contributed by atoms with E-state index in [0.29, 0.717) is 0 Å². The summed E-state index contributed by atoms with van der Waals surface area (Å²) in [5.74, 6) is 1.04. The Morgan fingerprint density at radius 2 is 1.76 bits per heavy atom. The molecule has 2 aromatic rings. The molecule has 0 unspecified atom stereocenters. The van der Waals surface area contributed by atoms with Gasteiger partial charge < -0.3 is 10.2 Å². The zero-order valence-corrected chi connectivity index (χ0v) is 15.6. The van der Waals surface area contributed by atoms with Gasteiger partial charge in [-0.25, -0.2) is 0 Å². The molecule has 2 aromatic carbocycles. The van der Waals surface area contributed by atoms with E-state index in [0.717, 1.165) is 23.1 Å². The molecule has 1 saturated carbocycles. The molecule has 128 valence electrons. The summed E-state index contributed by atoms with van der Waals surface area (Å²) < 4.78 is 7.70. The van der Waals surface area contributed by atoms with Crippen LogP contribution in [0.4, 0.5) is 0 Å². The molecule has 3 nitrogen and oxygen atoms in total. The topological polar surface area (TPSA) is 24.5 Å². The van der Waals surface area contributed by atoms with Gasteiger partial charge in [0.05, 0.1) is 11.7 Å². The molecule has 1 spiro atoms. The van der Waals surface area contributed by atoms with E-state index >= 15 is 0 Å². The molecule has 0 radical (unpaired) electrons. The van der Waals surface area contributed by atoms with Crippen molar-refractivity contribution in [2.24, 2.45) is 0 Å². The van der Waals surface area contributed by atoms with Crippen LogP contribution in [0.15, 0.2) is 59.1 Å². The molecule has 0 aromatic heterocycles. The maximum absolute atomic E-state index is 6.60. The predicted octanol–water partition coefficient (Wildman–Crippen LogP) is 5.40. The molecule has 3 aliphatic rings. The Kier molecular flexibility index (Phi) is 3.64. The molecule has 5 rings (SSSR count). The van der Waals surface area contributed by atoms with Gasteiger partial charge in [-0.1, -0.05) is 52.7 Å². The Morgan fingerprint density at radius 3 is 2.56 bits per heavy atom. The summed E-state index contributed by atoms with van der Waals surface area (Å²) in [4.78, 5) is 0. The second kappa shape index (κ2) is 5.89. The fourth-order valence-corrected chi connectivity index (χ4v) is 4.63. The number of rotatable bonds is 1. The van der Waals surface area contributed by atoms with Crippen LogP contribution in [0.2, 0.25) is 0 Å². The number of hydrazine groups is 1. The molecule has 0 bridgehead atoms. The van der Waals surface area contributed by atoms with Gasteiger partial charge in [0.15, 0.2) is 5.72 Å². The molecule has 0 amide bonds. The Hall–Kier alpha value is -1.78. The van der Waals surface area contributed by atoms with Crippen molar-refractivity contribution < 1.29 is 4.74 Å². The fraction of sp³-hybridized carbons (Fsp3) is 0.333. The van der Waals surface area contributed by atoms with E-state index < -0.39 is 0 Å². The van der Waals surface area contributed by atoms with Gasteiger partial charge in [0.25, 0.3) is 0 Å². The Bertz CT molecular complexity index is 824. The van der Waals surface area contributed by atoms with Crippen molar-refractivity contribution in [3.8, 4) is 5.75 Å². The van der Waals surface area contributed by atoms with Crippen molar-refractivity contribution in [1.29, 1.82) is 0 Å². The Balaban J connectivity index is 1.58. The Labute approximate surface area is 156 Å². The van der Waals surface area contributed by atoms with Crippen LogP contribution in [-0.4, -0.2) is 10.7 Å². The third-order valence-electron chi connectivity index (χ3n) is 5.61. The van der Waals surface area contributed by atoms with Crippen LogP contribution in [0.5, 0.6) is 5.75 Å². The number of hydrogen-bond donors (Lipinski definition) is 1. The minimum Gasteiger partial charge on any atom is -0.471 e. The average molecular weight is 397 g/mol. The summed E-state index contributed by atoms with van der Waals surface area (Å²) in [5.41, 5.74) is 7.08. The molecule has 1 N–H and O–H groups in total. The summed E-state index contributed by atoms with van der Waals surface area (Å²) in [5, 5.41) is 2.37. The third kappa shape index (κ3) is 2.51. The van der Waals surface area contributed by atoms with Gasteiger partial charge in [-0.2, -0.15) is 5.01 Å². The molecule has 2 heterocycles. The van der Waals surface area contributed by atoms with Crippen LogP contribution in [0.1, 0.15) is 49.3 Å². The third-order valence-corrected chi connectivity index (χ3v) is 6.14. The number of fused-ring (bicyclic) bond motifs is 4. The van der Waals surface area contributed by atoms with Gasteiger partial charge >= 0.3 is 0 Å². The molecule has 25 heavy (non-hydrogen) atoms. The zero-order valence-electron chi connectivity index (χ0n) is 14.0. The second-order valence-electron chi connectivity index (χ2n) is 7.16. The molecule has 2 aliphatic heterocycles. The number of hydrogen-bond acceptors (Lipinski definition) is 3. The monoisotopic (exact) mass is 396 g/mol. The van der Waals surface area contributed by atoms with Gasteiger partial charge in [0, 0.05) is 22.9 Å². The standard InChI is InChI=1S/C21H21BrN2O/c22-16-10-8-15(9-11-16)18-14-19-17-6-2-3-7-20(17)25-21(24(19)23-18)12-4-1-5-13-21/h2-3,6-11,14,19,23H,1,4-5,12-13H2/t19-/m0/s1. The zero-order chi connectivity index (χ0) is 16.9. The molecule has 4 heteroatoms. The minimum atomic E-state index is -0.231. The van der Waals surface area contributed by atoms with Gasteiger partial charge in [0.2, 0.25) is 0 Å². The van der Waals surface area contributed by atoms with E-state index in [1.54, 1.807) is 0 Å². The predicted molar refractivity (Wildman–Crippen MR) is 103 cm³/mol. The molecule has 0 saturated heterocycles. The van der Waals surface area contributed by atoms with E-state index in [1.807, 2.05) is 0 Å². The SMILES string of the molecule is Brc1ccc(C2=C[C@H]3c4ccccc4OC4(CCCCC4)N3N2)cc1. The van der Waals surface area contributed by atoms with Crippen LogP contribution in [0.3, 0.4) is 0 Å². The summed E-state index contributed by atoms with van der Waals surface area (Å²) in [7, 11) is 0. The van der Waals surface area contributed by atoms with Crippen molar-refractivity contribution in [2.75, 3.05) is 0 Å². The number of para-hydroxylation sites is 1. The van der Waals surface area contributed by atoms with E-state index in [9.17, 15) is 0 Å². The van der Waals surface area contributed by atoms with Crippen molar-refractivity contribution >= 4 is 21.6 Å². The summed E-state index contributed by atoms with van der Waals surface area (Å²) >= 11 is 3.52. The smallest absolute Gasteiger partial charge is 0.180 e. The number of nitrogens with zero attached hydrogens (tertiary/aromatic N) is 1. The molecule has 1 fully saturated rings. The highest BCUT2D eigenvalue weighted by molar-refractivity contribution is 9.10. The first-order valence-corrected chi connectivity index (χ1v) is 9.86. The van der Waals surface area contributed by atoms with Crippen LogP contribution >= 0.6 is 15.9 Å². The lowest BCUT2D eigenvalue weighted by molar-refractivity contribution is -0.150. The quantitative estimate of drug-likeness (QED) is 0.697. The lowest BCUT2D eigenvalue weighted by atomic mass is 9.87. The molecule has 1 atom stereocenters. The van der Waals surface area contributed by atoms with E-state index in [-0.39, 0.29) is 11.8 Å². The van der Waals surface area contributed by atoms with Gasteiger partial charge in [-0.15, -0.1) is 0 Å². The Morgan fingerprint density at radius 1 is 1.00 bits per heavy atom. The molecule has 1 aliphatic carbocycles. The molecular formula is C21H21BrN2O. The van der Waals surface area contributed by atoms with Crippen molar-refractivity contribution in [3.63, 3.8) is 0 Å². The first-order valence-electron chi connectivity index (χ1n) is 9.07. The van der Waals surface area contributed by atoms with Crippen LogP contribution in [0.25, 0.3) is 5.70 Å². The normalized spacial score (nSPS) is 24.0. The number of halogens is 1. The highest BCUT2D eigenvalue weighted by Gasteiger charge is 2.50. The van der Waals surface area contributed by atoms with Crippen LogP contribution < -0.4 is 10.2 Å². The summed E-state index contributed by atoms with van der Waals surface area (Å²) in [6, 6.07) is 17.2. The number of nitrogens with one attached hydrogen (secondary N) is 1. The van der Waals surface area contributed by atoms with E-state index in [4.69, 9.17) is 4.74 Å². The van der Waals surface area contributed by atoms with Gasteiger partial charge in [-0.3, -0.25) is 0 Å². The van der Waals surface area contributed by atoms with Crippen molar-refractivity contribution in [3.05, 3.63) is 70.2 Å². The van der Waals surface area contributed by atoms with Crippen molar-refractivity contribution in [1.82, 2.24) is 10.4 Å². The highest BCUT2D eigenvalue weighted by Crippen LogP contribution is 2.49. The lowest BCUT2D eigenvalue weighted by Crippen LogP contribution is -2.60. The summed E-state index contributed by atoms with van der Waals surface area (Å²) in [6.07, 6.45) is 8.25. The lowest BCUT2D eigenvalue weighted by Gasteiger charge is -2.50. The highest BCUT2D eigenvalue weighted by atomic mass is 79.9. The van der Waals surface area contributed by atoms with E-state index in [1.165, 1.54) is 36.1 Å². The van der Waals surface area contributed by atoms with Crippen molar-refractivity contribution in [2.45, 2.75) is 43.9 Å². The number of ether oxygens (including phenoxy) is 1. The first-order chi connectivity index (χ1) is 12.3. The van der Waals surface area contributed by atoms with Gasteiger partial charge in [-0.05, 0) is 42.7 Å². The maximum atomic E-state index is 6.60. The average Bonchev–Trinajstić information content (AvgIpc) is 3.10. The fourth-order valence-electron chi connectivity index (χ4n) is 4.36. The van der Waals surface area contributed by atoms with E-state index in [2.05, 4.69) is 81.0 Å².